The molecule has 1 aliphatic rings. The van der Waals surface area contributed by atoms with Crippen LogP contribution in [0.2, 0.25) is 0 Å². The van der Waals surface area contributed by atoms with E-state index in [2.05, 4.69) is 4.72 Å². The Bertz CT molecular complexity index is 552. The van der Waals surface area contributed by atoms with Gasteiger partial charge in [-0.25, -0.2) is 13.1 Å². The molecule has 1 aliphatic heterocycles. The molecule has 0 saturated carbocycles. The van der Waals surface area contributed by atoms with Gasteiger partial charge in [-0.05, 0) is 50.7 Å². The minimum atomic E-state index is -3.43. The van der Waals surface area contributed by atoms with Crippen LogP contribution in [0.3, 0.4) is 0 Å². The van der Waals surface area contributed by atoms with Crippen molar-refractivity contribution < 1.29 is 13.2 Å². The molecule has 0 atom stereocenters. The van der Waals surface area contributed by atoms with E-state index in [-0.39, 0.29) is 0 Å². The molecule has 0 aliphatic carbocycles. The fourth-order valence-electron chi connectivity index (χ4n) is 2.84. The molecule has 20 heavy (non-hydrogen) atoms. The normalized spacial score (nSPS) is 17.4. The minimum absolute atomic E-state index is 0.379. The average molecular weight is 297 g/mol. The Morgan fingerprint density at radius 3 is 2.25 bits per heavy atom. The number of rotatable bonds is 4. The van der Waals surface area contributed by atoms with Crippen LogP contribution in [-0.4, -0.2) is 28.2 Å². The lowest BCUT2D eigenvalue weighted by molar-refractivity contribution is 0.0678. The third-order valence-electron chi connectivity index (χ3n) is 3.78. The predicted molar refractivity (Wildman–Crippen MR) is 79.4 cm³/mol. The molecule has 0 aromatic heterocycles. The maximum Gasteiger partial charge on any atom is 0.241 e. The maximum atomic E-state index is 12.5. The largest absolute Gasteiger partial charge is 0.381 e. The highest BCUT2D eigenvalue weighted by molar-refractivity contribution is 7.89. The summed E-state index contributed by atoms with van der Waals surface area (Å²) in [7, 11) is -3.43. The zero-order valence-electron chi connectivity index (χ0n) is 12.4. The van der Waals surface area contributed by atoms with Crippen LogP contribution in [0.1, 0.15) is 29.5 Å². The van der Waals surface area contributed by atoms with Gasteiger partial charge in [-0.3, -0.25) is 0 Å². The van der Waals surface area contributed by atoms with Crippen LogP contribution in [0.4, 0.5) is 0 Å². The lowest BCUT2D eigenvalue weighted by Crippen LogP contribution is -2.33. The van der Waals surface area contributed by atoms with Gasteiger partial charge >= 0.3 is 0 Å². The van der Waals surface area contributed by atoms with Crippen LogP contribution in [0.5, 0.6) is 0 Å². The van der Waals surface area contributed by atoms with Crippen LogP contribution in [0.25, 0.3) is 0 Å². The number of hydrogen-bond donors (Lipinski definition) is 1. The van der Waals surface area contributed by atoms with Crippen molar-refractivity contribution >= 4 is 10.0 Å². The van der Waals surface area contributed by atoms with Gasteiger partial charge in [0.05, 0.1) is 4.90 Å². The van der Waals surface area contributed by atoms with Crippen LogP contribution in [-0.2, 0) is 14.8 Å². The first-order valence-electron chi connectivity index (χ1n) is 7.05. The molecule has 112 valence electrons. The van der Waals surface area contributed by atoms with E-state index >= 15 is 0 Å². The Labute approximate surface area is 121 Å². The number of ether oxygens (including phenoxy) is 1. The van der Waals surface area contributed by atoms with Gasteiger partial charge in [0.1, 0.15) is 0 Å². The van der Waals surface area contributed by atoms with E-state index in [0.29, 0.717) is 17.4 Å². The summed E-state index contributed by atoms with van der Waals surface area (Å²) in [5.74, 6) is 0.379. The van der Waals surface area contributed by atoms with Gasteiger partial charge in [-0.15, -0.1) is 0 Å². The highest BCUT2D eigenvalue weighted by Gasteiger charge is 2.22. The molecule has 2 rings (SSSR count). The molecule has 1 aromatic carbocycles. The molecule has 5 heteroatoms. The molecule has 0 bridgehead atoms. The summed E-state index contributed by atoms with van der Waals surface area (Å²) in [6.45, 7) is 7.64. The van der Waals surface area contributed by atoms with Crippen molar-refractivity contribution in [2.45, 2.75) is 38.5 Å². The lowest BCUT2D eigenvalue weighted by atomic mass is 10.0. The Kier molecular flexibility index (Phi) is 4.83. The van der Waals surface area contributed by atoms with Crippen molar-refractivity contribution in [2.75, 3.05) is 19.8 Å². The van der Waals surface area contributed by atoms with Gasteiger partial charge < -0.3 is 4.74 Å². The van der Waals surface area contributed by atoms with Crippen molar-refractivity contribution in [1.82, 2.24) is 4.72 Å². The summed E-state index contributed by atoms with van der Waals surface area (Å²) in [6.07, 6.45) is 1.85. The Morgan fingerprint density at radius 1 is 1.15 bits per heavy atom. The molecule has 1 saturated heterocycles. The monoisotopic (exact) mass is 297 g/mol. The van der Waals surface area contributed by atoms with Crippen molar-refractivity contribution in [3.63, 3.8) is 0 Å². The summed E-state index contributed by atoms with van der Waals surface area (Å²) in [6, 6.07) is 3.83. The fourth-order valence-corrected chi connectivity index (χ4v) is 4.41. The van der Waals surface area contributed by atoms with Crippen LogP contribution in [0, 0.1) is 26.7 Å². The quantitative estimate of drug-likeness (QED) is 0.928. The van der Waals surface area contributed by atoms with Crippen molar-refractivity contribution in [2.24, 2.45) is 5.92 Å². The van der Waals surface area contributed by atoms with Gasteiger partial charge in [0.25, 0.3) is 0 Å². The molecular weight excluding hydrogens is 274 g/mol. The summed E-state index contributed by atoms with van der Waals surface area (Å²) in [4.78, 5) is 0.426. The van der Waals surface area contributed by atoms with E-state index in [1.807, 2.05) is 32.9 Å². The molecule has 4 nitrogen and oxygen atoms in total. The highest BCUT2D eigenvalue weighted by Crippen LogP contribution is 2.22. The average Bonchev–Trinajstić information content (AvgIpc) is 2.36. The Hall–Kier alpha value is -0.910. The first-order chi connectivity index (χ1) is 9.40. The summed E-state index contributed by atoms with van der Waals surface area (Å²) in [5.41, 5.74) is 2.70. The van der Waals surface area contributed by atoms with E-state index in [1.165, 1.54) is 0 Å². The number of sulfonamides is 1. The van der Waals surface area contributed by atoms with Gasteiger partial charge in [-0.2, -0.15) is 0 Å². The third-order valence-corrected chi connectivity index (χ3v) is 5.50. The second-order valence-electron chi connectivity index (χ2n) is 5.64. The maximum absolute atomic E-state index is 12.5. The number of aryl methyl sites for hydroxylation is 3. The van der Waals surface area contributed by atoms with Crippen LogP contribution in [0.15, 0.2) is 17.0 Å². The minimum Gasteiger partial charge on any atom is -0.381 e. The molecule has 0 unspecified atom stereocenters. The number of nitrogens with one attached hydrogen (secondary N) is 1. The zero-order valence-corrected chi connectivity index (χ0v) is 13.2. The molecule has 1 heterocycles. The smallest absolute Gasteiger partial charge is 0.241 e. The summed E-state index contributed by atoms with van der Waals surface area (Å²) < 4.78 is 33.0. The van der Waals surface area contributed by atoms with Gasteiger partial charge in [0, 0.05) is 19.8 Å². The standard InChI is InChI=1S/C15H23NO3S/c1-11-8-12(2)15(13(3)9-11)20(17,18)16-10-14-4-6-19-7-5-14/h8-9,14,16H,4-7,10H2,1-3H3. The SMILES string of the molecule is Cc1cc(C)c(S(=O)(=O)NCC2CCOCC2)c(C)c1. The topological polar surface area (TPSA) is 55.4 Å². The number of benzene rings is 1. The first-order valence-corrected chi connectivity index (χ1v) is 8.54. The number of hydrogen-bond acceptors (Lipinski definition) is 3. The zero-order chi connectivity index (χ0) is 14.8. The van der Waals surface area contributed by atoms with Gasteiger partial charge in [0.15, 0.2) is 0 Å². The summed E-state index contributed by atoms with van der Waals surface area (Å²) >= 11 is 0. The Balaban J connectivity index is 2.14. The van der Waals surface area contributed by atoms with Gasteiger partial charge in [0.2, 0.25) is 10.0 Å². The van der Waals surface area contributed by atoms with Gasteiger partial charge in [-0.1, -0.05) is 17.7 Å². The fraction of sp³-hybridized carbons (Fsp3) is 0.600. The van der Waals surface area contributed by atoms with E-state index < -0.39 is 10.0 Å². The molecule has 0 spiro atoms. The van der Waals surface area contributed by atoms with Crippen molar-refractivity contribution in [3.05, 3.63) is 28.8 Å². The third kappa shape index (κ3) is 3.59. The molecule has 0 amide bonds. The predicted octanol–water partition coefficient (Wildman–Crippen LogP) is 2.32. The van der Waals surface area contributed by atoms with E-state index in [4.69, 9.17) is 4.74 Å². The second kappa shape index (κ2) is 6.24. The first kappa shape index (κ1) is 15.5. The lowest BCUT2D eigenvalue weighted by Gasteiger charge is -2.22. The summed E-state index contributed by atoms with van der Waals surface area (Å²) in [5, 5.41) is 0. The van der Waals surface area contributed by atoms with Crippen LogP contribution < -0.4 is 4.72 Å². The van der Waals surface area contributed by atoms with Crippen molar-refractivity contribution in [3.8, 4) is 0 Å². The Morgan fingerprint density at radius 2 is 1.70 bits per heavy atom. The van der Waals surface area contributed by atoms with E-state index in [9.17, 15) is 8.42 Å². The van der Waals surface area contributed by atoms with E-state index in [1.54, 1.807) is 0 Å². The highest BCUT2D eigenvalue weighted by atomic mass is 32.2. The van der Waals surface area contributed by atoms with Crippen molar-refractivity contribution in [1.29, 1.82) is 0 Å². The van der Waals surface area contributed by atoms with E-state index in [0.717, 1.165) is 42.7 Å². The molecule has 1 fully saturated rings. The van der Waals surface area contributed by atoms with Crippen LogP contribution >= 0.6 is 0 Å². The molecule has 0 radical (unpaired) electrons. The molecule has 1 aromatic rings. The molecule has 1 N–H and O–H groups in total. The molecular formula is C15H23NO3S. The second-order valence-corrected chi connectivity index (χ2v) is 7.34.